The Bertz CT molecular complexity index is 1260. The van der Waals surface area contributed by atoms with Gasteiger partial charge in [-0.15, -0.1) is 5.10 Å². The lowest BCUT2D eigenvalue weighted by atomic mass is 10.2. The van der Waals surface area contributed by atoms with Crippen LogP contribution in [0, 0.1) is 6.92 Å². The van der Waals surface area contributed by atoms with Gasteiger partial charge in [0, 0.05) is 12.3 Å². The Hall–Kier alpha value is -4.01. The van der Waals surface area contributed by atoms with Crippen LogP contribution >= 0.6 is 0 Å². The number of nitrogens with zero attached hydrogens (tertiary/aromatic N) is 5. The van der Waals surface area contributed by atoms with Crippen molar-refractivity contribution in [3.63, 3.8) is 0 Å². The number of benzene rings is 1. The molecule has 0 aliphatic heterocycles. The number of aryl methyl sites for hydroxylation is 1. The topological polar surface area (TPSA) is 103 Å². The lowest BCUT2D eigenvalue weighted by molar-refractivity contribution is -0.117. The zero-order chi connectivity index (χ0) is 21.1. The summed E-state index contributed by atoms with van der Waals surface area (Å²) in [6, 6.07) is 14.3. The number of amides is 1. The fourth-order valence-corrected chi connectivity index (χ4v) is 3.13. The third kappa shape index (κ3) is 3.77. The number of rotatable bonds is 6. The van der Waals surface area contributed by atoms with E-state index in [0.29, 0.717) is 40.9 Å². The number of anilines is 1. The van der Waals surface area contributed by atoms with Crippen molar-refractivity contribution in [3.8, 4) is 17.1 Å². The van der Waals surface area contributed by atoms with Crippen LogP contribution in [-0.4, -0.2) is 36.7 Å². The maximum atomic E-state index is 12.8. The van der Waals surface area contributed by atoms with Crippen molar-refractivity contribution in [3.05, 3.63) is 71.0 Å². The number of carbonyl (C=O) groups excluding carboxylic acids is 1. The molecule has 0 atom stereocenters. The van der Waals surface area contributed by atoms with E-state index in [0.717, 1.165) is 4.68 Å². The van der Waals surface area contributed by atoms with Crippen molar-refractivity contribution in [1.29, 1.82) is 0 Å². The van der Waals surface area contributed by atoms with Crippen molar-refractivity contribution in [2.24, 2.45) is 0 Å². The fourth-order valence-electron chi connectivity index (χ4n) is 3.13. The first-order valence-electron chi connectivity index (χ1n) is 9.47. The summed E-state index contributed by atoms with van der Waals surface area (Å²) in [7, 11) is 0. The van der Waals surface area contributed by atoms with Gasteiger partial charge >= 0.3 is 5.69 Å². The summed E-state index contributed by atoms with van der Waals surface area (Å²) < 4.78 is 8.00. The Morgan fingerprint density at radius 2 is 1.93 bits per heavy atom. The van der Waals surface area contributed by atoms with E-state index in [2.05, 4.69) is 20.4 Å². The quantitative estimate of drug-likeness (QED) is 0.529. The van der Waals surface area contributed by atoms with E-state index >= 15 is 0 Å². The van der Waals surface area contributed by atoms with Gasteiger partial charge in [-0.2, -0.15) is 0 Å². The highest BCUT2D eigenvalue weighted by Gasteiger charge is 2.16. The van der Waals surface area contributed by atoms with Crippen LogP contribution < -0.4 is 15.7 Å². The van der Waals surface area contributed by atoms with Crippen LogP contribution in [0.1, 0.15) is 12.7 Å². The average Bonchev–Trinajstić information content (AvgIpc) is 3.06. The average molecular weight is 404 g/mol. The number of hydrogen-bond donors (Lipinski definition) is 1. The van der Waals surface area contributed by atoms with Crippen molar-refractivity contribution in [1.82, 2.24) is 24.1 Å². The molecule has 0 radical (unpaired) electrons. The molecule has 0 fully saturated rings. The molecule has 1 aromatic carbocycles. The Balaban J connectivity index is 1.62. The van der Waals surface area contributed by atoms with E-state index in [1.807, 2.05) is 31.2 Å². The van der Waals surface area contributed by atoms with Crippen LogP contribution in [0.3, 0.4) is 0 Å². The summed E-state index contributed by atoms with van der Waals surface area (Å²) in [5.41, 5.74) is 1.78. The summed E-state index contributed by atoms with van der Waals surface area (Å²) >= 11 is 0. The van der Waals surface area contributed by atoms with Crippen LogP contribution in [0.5, 0.6) is 5.75 Å². The normalized spacial score (nSPS) is 10.9. The summed E-state index contributed by atoms with van der Waals surface area (Å²) in [5.74, 6) is 0.644. The molecule has 0 aliphatic rings. The number of carbonyl (C=O) groups is 1. The number of para-hydroxylation sites is 2. The van der Waals surface area contributed by atoms with Crippen molar-refractivity contribution < 1.29 is 9.53 Å². The second-order valence-corrected chi connectivity index (χ2v) is 6.51. The molecule has 9 nitrogen and oxygen atoms in total. The molecule has 1 N–H and O–H groups in total. The van der Waals surface area contributed by atoms with Crippen LogP contribution in [0.4, 0.5) is 5.69 Å². The minimum Gasteiger partial charge on any atom is -0.492 e. The lowest BCUT2D eigenvalue weighted by Gasteiger charge is -2.10. The van der Waals surface area contributed by atoms with Crippen molar-refractivity contribution >= 4 is 17.2 Å². The molecule has 0 aliphatic carbocycles. The highest BCUT2D eigenvalue weighted by molar-refractivity contribution is 5.92. The molecule has 0 spiro atoms. The Kier molecular flexibility index (Phi) is 5.25. The first-order valence-corrected chi connectivity index (χ1v) is 9.47. The lowest BCUT2D eigenvalue weighted by Crippen LogP contribution is -2.29. The first-order chi connectivity index (χ1) is 14.6. The molecule has 1 amide bonds. The summed E-state index contributed by atoms with van der Waals surface area (Å²) in [6.07, 6.45) is 1.67. The van der Waals surface area contributed by atoms with E-state index in [-0.39, 0.29) is 12.5 Å². The number of fused-ring (bicyclic) bond motifs is 1. The predicted molar refractivity (Wildman–Crippen MR) is 111 cm³/mol. The highest BCUT2D eigenvalue weighted by atomic mass is 16.5. The van der Waals surface area contributed by atoms with Gasteiger partial charge in [0.1, 0.15) is 18.1 Å². The zero-order valence-corrected chi connectivity index (χ0v) is 16.6. The van der Waals surface area contributed by atoms with Crippen molar-refractivity contribution in [2.75, 3.05) is 11.9 Å². The molecule has 4 rings (SSSR count). The molecule has 0 saturated carbocycles. The standard InChI is InChI=1S/C21H20N6O3/c1-3-30-18-10-5-4-9-16(18)24-20(28)13-26-21(29)27-14(2)23-17(12-19(27)25-26)15-8-6-7-11-22-15/h4-12H,3,13H2,1-2H3,(H,24,28). The van der Waals surface area contributed by atoms with E-state index in [4.69, 9.17) is 4.74 Å². The zero-order valence-electron chi connectivity index (χ0n) is 16.6. The molecule has 0 unspecified atom stereocenters. The number of hydrogen-bond acceptors (Lipinski definition) is 6. The molecule has 9 heteroatoms. The summed E-state index contributed by atoms with van der Waals surface area (Å²) in [4.78, 5) is 34.0. The Morgan fingerprint density at radius 3 is 2.70 bits per heavy atom. The van der Waals surface area contributed by atoms with Gasteiger partial charge in [-0.1, -0.05) is 18.2 Å². The Labute approximate surface area is 172 Å². The molecular weight excluding hydrogens is 384 g/mol. The smallest absolute Gasteiger partial charge is 0.352 e. The van der Waals surface area contributed by atoms with Crippen LogP contribution in [0.25, 0.3) is 17.0 Å². The van der Waals surface area contributed by atoms with Gasteiger partial charge in [0.05, 0.1) is 23.7 Å². The second-order valence-electron chi connectivity index (χ2n) is 6.51. The largest absolute Gasteiger partial charge is 0.492 e. The molecule has 30 heavy (non-hydrogen) atoms. The summed E-state index contributed by atoms with van der Waals surface area (Å²) in [5, 5.41) is 7.08. The fraction of sp³-hybridized carbons (Fsp3) is 0.190. The molecule has 3 aromatic heterocycles. The third-order valence-electron chi connectivity index (χ3n) is 4.42. The van der Waals surface area contributed by atoms with Crippen LogP contribution in [0.2, 0.25) is 0 Å². The molecule has 4 aromatic rings. The van der Waals surface area contributed by atoms with E-state index in [9.17, 15) is 9.59 Å². The molecule has 3 heterocycles. The second kappa shape index (κ2) is 8.16. The molecular formula is C21H20N6O3. The van der Waals surface area contributed by atoms with Gasteiger partial charge < -0.3 is 10.1 Å². The minimum atomic E-state index is -0.434. The maximum absolute atomic E-state index is 12.8. The SMILES string of the molecule is CCOc1ccccc1NC(=O)Cn1nc2cc(-c3ccccn3)nc(C)n2c1=O. The first kappa shape index (κ1) is 19.3. The third-order valence-corrected chi connectivity index (χ3v) is 4.42. The van der Waals surface area contributed by atoms with Gasteiger partial charge in [-0.3, -0.25) is 9.78 Å². The van der Waals surface area contributed by atoms with Crippen LogP contribution in [-0.2, 0) is 11.3 Å². The summed E-state index contributed by atoms with van der Waals surface area (Å²) in [6.45, 7) is 3.82. The maximum Gasteiger partial charge on any atom is 0.352 e. The number of ether oxygens (including phenoxy) is 1. The van der Waals surface area contributed by atoms with Gasteiger partial charge in [-0.25, -0.2) is 18.9 Å². The number of pyridine rings is 1. The molecule has 0 bridgehead atoms. The molecule has 152 valence electrons. The highest BCUT2D eigenvalue weighted by Crippen LogP contribution is 2.23. The van der Waals surface area contributed by atoms with Gasteiger partial charge in [0.15, 0.2) is 5.65 Å². The number of aromatic nitrogens is 5. The van der Waals surface area contributed by atoms with E-state index < -0.39 is 5.69 Å². The molecule has 0 saturated heterocycles. The van der Waals surface area contributed by atoms with E-state index in [1.54, 1.807) is 37.4 Å². The van der Waals surface area contributed by atoms with Gasteiger partial charge in [0.25, 0.3) is 0 Å². The predicted octanol–water partition coefficient (Wildman–Crippen LogP) is 2.30. The van der Waals surface area contributed by atoms with Gasteiger partial charge in [0.2, 0.25) is 5.91 Å². The van der Waals surface area contributed by atoms with Crippen molar-refractivity contribution in [2.45, 2.75) is 20.4 Å². The monoisotopic (exact) mass is 404 g/mol. The minimum absolute atomic E-state index is 0.237. The van der Waals surface area contributed by atoms with Gasteiger partial charge in [-0.05, 0) is 38.1 Å². The van der Waals surface area contributed by atoms with E-state index in [1.165, 1.54) is 4.40 Å². The Morgan fingerprint density at radius 1 is 1.13 bits per heavy atom. The van der Waals surface area contributed by atoms with Crippen LogP contribution in [0.15, 0.2) is 59.5 Å². The number of nitrogens with one attached hydrogen (secondary N) is 1.